The average molecular weight is 325 g/mol. The van der Waals surface area contributed by atoms with Crippen LogP contribution in [0.4, 0.5) is 5.69 Å². The van der Waals surface area contributed by atoms with Crippen molar-refractivity contribution in [1.29, 1.82) is 5.26 Å². The Balaban J connectivity index is 2.19. The van der Waals surface area contributed by atoms with Gasteiger partial charge in [0.1, 0.15) is 11.8 Å². The molecule has 0 aliphatic carbocycles. The van der Waals surface area contributed by atoms with Crippen LogP contribution in [0.5, 0.6) is 5.75 Å². The van der Waals surface area contributed by atoms with E-state index in [0.29, 0.717) is 28.5 Å². The van der Waals surface area contributed by atoms with Gasteiger partial charge in [-0.3, -0.25) is 9.52 Å². The normalized spacial score (nSPS) is 10.9. The number of sulfonamides is 1. The van der Waals surface area contributed by atoms with Crippen LogP contribution in [0, 0.1) is 18.3 Å². The zero-order valence-electron chi connectivity index (χ0n) is 10.9. The number of ether oxygens (including phenoxy) is 1. The average Bonchev–Trinajstić information content (AvgIpc) is 2.77. The Morgan fingerprint density at radius 3 is 2.57 bits per heavy atom. The monoisotopic (exact) mass is 325 g/mol. The predicted octanol–water partition coefficient (Wildman–Crippen LogP) is 1.45. The van der Waals surface area contributed by atoms with Gasteiger partial charge in [-0.2, -0.15) is 5.26 Å². The van der Waals surface area contributed by atoms with Gasteiger partial charge in [0.2, 0.25) is 0 Å². The molecule has 21 heavy (non-hydrogen) atoms. The molecular weight excluding hydrogens is 314 g/mol. The van der Waals surface area contributed by atoms with E-state index >= 15 is 0 Å². The quantitative estimate of drug-likeness (QED) is 0.864. The number of benzene rings is 1. The molecule has 0 amide bonds. The van der Waals surface area contributed by atoms with Crippen LogP contribution in [-0.4, -0.2) is 20.0 Å². The summed E-state index contributed by atoms with van der Waals surface area (Å²) in [6, 6.07) is 7.94. The summed E-state index contributed by atoms with van der Waals surface area (Å²) in [5.41, 5.74) is 0.631. The molecule has 2 N–H and O–H groups in total. The van der Waals surface area contributed by atoms with Crippen LogP contribution < -0.4 is 14.3 Å². The third-order valence-corrected chi connectivity index (χ3v) is 5.42. The molecule has 9 heteroatoms. The summed E-state index contributed by atoms with van der Waals surface area (Å²) >= 11 is 0.632. The van der Waals surface area contributed by atoms with Crippen LogP contribution >= 0.6 is 11.3 Å². The van der Waals surface area contributed by atoms with Gasteiger partial charge in [-0.15, -0.1) is 0 Å². The molecule has 0 aliphatic rings. The number of aryl methyl sites for hydroxylation is 1. The van der Waals surface area contributed by atoms with Gasteiger partial charge < -0.3 is 9.72 Å². The van der Waals surface area contributed by atoms with E-state index in [1.54, 1.807) is 12.1 Å². The zero-order valence-corrected chi connectivity index (χ0v) is 12.5. The Labute approximate surface area is 124 Å². The molecule has 0 fully saturated rings. The van der Waals surface area contributed by atoms with E-state index in [9.17, 15) is 13.2 Å². The van der Waals surface area contributed by atoms with Gasteiger partial charge in [0.25, 0.3) is 10.0 Å². The summed E-state index contributed by atoms with van der Waals surface area (Å²) in [5, 5.41) is 8.40. The van der Waals surface area contributed by atoms with E-state index in [2.05, 4.69) is 9.71 Å². The number of nitriles is 1. The minimum Gasteiger partial charge on any atom is -0.479 e. The molecule has 0 radical (unpaired) electrons. The molecule has 2 aromatic rings. The van der Waals surface area contributed by atoms with Gasteiger partial charge in [-0.1, -0.05) is 11.3 Å². The molecular formula is C12H11N3O4S2. The minimum absolute atomic E-state index is 0.0442. The maximum absolute atomic E-state index is 12.2. The van der Waals surface area contributed by atoms with E-state index in [4.69, 9.17) is 10.00 Å². The molecule has 0 saturated heterocycles. The highest BCUT2D eigenvalue weighted by Gasteiger charge is 2.20. The second-order valence-electron chi connectivity index (χ2n) is 4.00. The van der Waals surface area contributed by atoms with Gasteiger partial charge in [0.15, 0.2) is 10.8 Å². The second-order valence-corrected chi connectivity index (χ2v) is 6.86. The highest BCUT2D eigenvalue weighted by atomic mass is 32.2. The van der Waals surface area contributed by atoms with Crippen LogP contribution in [0.15, 0.2) is 33.3 Å². The largest absolute Gasteiger partial charge is 0.479 e. The summed E-state index contributed by atoms with van der Waals surface area (Å²) in [6.07, 6.45) is 0. The van der Waals surface area contributed by atoms with E-state index in [0.717, 1.165) is 0 Å². The van der Waals surface area contributed by atoms with Crippen molar-refractivity contribution >= 4 is 27.0 Å². The third kappa shape index (κ3) is 3.62. The number of anilines is 1. The minimum atomic E-state index is -3.81. The summed E-state index contributed by atoms with van der Waals surface area (Å²) in [7, 11) is -3.81. The maximum Gasteiger partial charge on any atom is 0.306 e. The standard InChI is InChI=1S/C12H11N3O4S2/c1-8-11(20-12(16)14-8)21(17,18)15-9-2-4-10(5-3-9)19-7-6-13/h2-5,15H,7H2,1H3,(H,14,16). The lowest BCUT2D eigenvalue weighted by atomic mass is 10.3. The molecule has 0 spiro atoms. The maximum atomic E-state index is 12.2. The molecule has 1 aromatic heterocycles. The SMILES string of the molecule is Cc1[nH]c(=O)sc1S(=O)(=O)Nc1ccc(OCC#N)cc1. The zero-order chi connectivity index (χ0) is 15.5. The summed E-state index contributed by atoms with van der Waals surface area (Å²) in [5.74, 6) is 0.460. The molecule has 1 heterocycles. The second kappa shape index (κ2) is 5.99. The van der Waals surface area contributed by atoms with Crippen molar-refractivity contribution in [2.75, 3.05) is 11.3 Å². The van der Waals surface area contributed by atoms with Crippen molar-refractivity contribution in [3.63, 3.8) is 0 Å². The highest BCUT2D eigenvalue weighted by Crippen LogP contribution is 2.22. The molecule has 0 aliphatic heterocycles. The first kappa shape index (κ1) is 15.1. The fraction of sp³-hybridized carbons (Fsp3) is 0.167. The number of hydrogen-bond acceptors (Lipinski definition) is 6. The first-order valence-electron chi connectivity index (χ1n) is 5.75. The predicted molar refractivity (Wildman–Crippen MR) is 78.0 cm³/mol. The third-order valence-electron chi connectivity index (χ3n) is 2.44. The molecule has 1 aromatic carbocycles. The van der Waals surface area contributed by atoms with Crippen molar-refractivity contribution in [2.24, 2.45) is 0 Å². The lowest BCUT2D eigenvalue weighted by Crippen LogP contribution is -2.12. The van der Waals surface area contributed by atoms with Crippen molar-refractivity contribution < 1.29 is 13.2 Å². The summed E-state index contributed by atoms with van der Waals surface area (Å²) in [4.78, 5) is 13.2. The van der Waals surface area contributed by atoms with Gasteiger partial charge in [0, 0.05) is 11.4 Å². The van der Waals surface area contributed by atoms with Gasteiger partial charge in [0.05, 0.1) is 0 Å². The topological polar surface area (TPSA) is 112 Å². The number of aromatic nitrogens is 1. The van der Waals surface area contributed by atoms with Crippen molar-refractivity contribution in [2.45, 2.75) is 11.1 Å². The molecule has 110 valence electrons. The van der Waals surface area contributed by atoms with Crippen LogP contribution in [0.1, 0.15) is 5.69 Å². The van der Waals surface area contributed by atoms with E-state index in [-0.39, 0.29) is 10.8 Å². The lowest BCUT2D eigenvalue weighted by Gasteiger charge is -2.07. The Morgan fingerprint density at radius 1 is 1.38 bits per heavy atom. The molecule has 7 nitrogen and oxygen atoms in total. The van der Waals surface area contributed by atoms with E-state index < -0.39 is 14.9 Å². The molecule has 0 atom stereocenters. The van der Waals surface area contributed by atoms with E-state index in [1.807, 2.05) is 6.07 Å². The van der Waals surface area contributed by atoms with Gasteiger partial charge in [-0.25, -0.2) is 8.42 Å². The van der Waals surface area contributed by atoms with Crippen LogP contribution in [0.3, 0.4) is 0 Å². The first-order chi connectivity index (χ1) is 9.92. The number of nitrogens with one attached hydrogen (secondary N) is 2. The van der Waals surface area contributed by atoms with Crippen LogP contribution in [0.2, 0.25) is 0 Å². The number of H-pyrrole nitrogens is 1. The van der Waals surface area contributed by atoms with Gasteiger partial charge in [-0.05, 0) is 31.2 Å². The molecule has 0 unspecified atom stereocenters. The Bertz CT molecular complexity index is 829. The smallest absolute Gasteiger partial charge is 0.306 e. The summed E-state index contributed by atoms with van der Waals surface area (Å²) < 4.78 is 31.7. The Kier molecular flexibility index (Phi) is 4.30. The molecule has 0 saturated carbocycles. The number of aromatic amines is 1. The van der Waals surface area contributed by atoms with Gasteiger partial charge >= 0.3 is 4.87 Å². The Morgan fingerprint density at radius 2 is 2.05 bits per heavy atom. The van der Waals surface area contributed by atoms with Crippen molar-refractivity contribution in [1.82, 2.24) is 4.98 Å². The number of hydrogen-bond donors (Lipinski definition) is 2. The van der Waals surface area contributed by atoms with Crippen molar-refractivity contribution in [3.8, 4) is 11.8 Å². The number of thiazole rings is 1. The van der Waals surface area contributed by atoms with E-state index in [1.165, 1.54) is 19.1 Å². The Hall–Kier alpha value is -2.31. The molecule has 2 rings (SSSR count). The van der Waals surface area contributed by atoms with Crippen LogP contribution in [0.25, 0.3) is 0 Å². The fourth-order valence-corrected chi connectivity index (χ4v) is 3.94. The highest BCUT2D eigenvalue weighted by molar-refractivity contribution is 7.94. The summed E-state index contributed by atoms with van der Waals surface area (Å²) in [6.45, 7) is 1.44. The first-order valence-corrected chi connectivity index (χ1v) is 8.04. The fourth-order valence-electron chi connectivity index (χ4n) is 1.58. The number of nitrogens with zero attached hydrogens (tertiary/aromatic N) is 1. The van der Waals surface area contributed by atoms with Crippen LogP contribution in [-0.2, 0) is 10.0 Å². The van der Waals surface area contributed by atoms with Crippen molar-refractivity contribution in [3.05, 3.63) is 39.6 Å². The lowest BCUT2D eigenvalue weighted by molar-refractivity contribution is 0.368. The molecule has 0 bridgehead atoms. The number of rotatable bonds is 5.